The molecule has 5 nitrogen and oxygen atoms in total. The van der Waals surface area contributed by atoms with Crippen LogP contribution < -0.4 is 4.74 Å². The monoisotopic (exact) mass is 506 g/mol. The normalized spacial score (nSPS) is 18.2. The highest BCUT2D eigenvalue weighted by Gasteiger charge is 2.29. The maximum atomic E-state index is 13.9. The van der Waals surface area contributed by atoms with Crippen LogP contribution in [-0.2, 0) is 17.6 Å². The third-order valence-corrected chi connectivity index (χ3v) is 7.89. The van der Waals surface area contributed by atoms with Crippen molar-refractivity contribution in [3.05, 3.63) is 71.7 Å². The summed E-state index contributed by atoms with van der Waals surface area (Å²) in [6, 6.07) is 15.1. The summed E-state index contributed by atoms with van der Waals surface area (Å²) >= 11 is 0. The molecule has 2 aromatic carbocycles. The van der Waals surface area contributed by atoms with Gasteiger partial charge in [0.25, 0.3) is 0 Å². The molecule has 0 bridgehead atoms. The van der Waals surface area contributed by atoms with E-state index in [-0.39, 0.29) is 12.2 Å². The maximum absolute atomic E-state index is 13.9. The number of halogens is 1. The fraction of sp³-hybridized carbons (Fsp3) is 0.484. The van der Waals surface area contributed by atoms with E-state index in [1.807, 2.05) is 30.5 Å². The third-order valence-electron chi connectivity index (χ3n) is 7.89. The lowest BCUT2D eigenvalue weighted by Crippen LogP contribution is -2.41. The summed E-state index contributed by atoms with van der Waals surface area (Å²) in [6.45, 7) is 3.02. The van der Waals surface area contributed by atoms with Crippen molar-refractivity contribution in [2.75, 3.05) is 26.7 Å². The zero-order chi connectivity index (χ0) is 26.0. The van der Waals surface area contributed by atoms with Crippen LogP contribution in [0.5, 0.6) is 5.75 Å². The van der Waals surface area contributed by atoms with Crippen molar-refractivity contribution in [3.63, 3.8) is 0 Å². The van der Waals surface area contributed by atoms with Gasteiger partial charge < -0.3 is 14.7 Å². The Morgan fingerprint density at radius 3 is 2.70 bits per heavy atom. The minimum Gasteiger partial charge on any atom is -0.497 e. The molecule has 1 aliphatic heterocycles. The lowest BCUT2D eigenvalue weighted by atomic mass is 9.79. The van der Waals surface area contributed by atoms with Gasteiger partial charge in [0, 0.05) is 24.5 Å². The van der Waals surface area contributed by atoms with Gasteiger partial charge in [-0.05, 0) is 118 Å². The summed E-state index contributed by atoms with van der Waals surface area (Å²) < 4.78 is 19.3. The van der Waals surface area contributed by atoms with E-state index in [0.717, 1.165) is 93.2 Å². The first kappa shape index (κ1) is 27.1. The molecule has 0 radical (unpaired) electrons. The van der Waals surface area contributed by atoms with Crippen molar-refractivity contribution in [1.29, 1.82) is 0 Å². The van der Waals surface area contributed by atoms with Crippen LogP contribution in [0.4, 0.5) is 4.39 Å². The molecule has 2 atom stereocenters. The Balaban J connectivity index is 1.28. The first-order valence-electron chi connectivity index (χ1n) is 13.6. The highest BCUT2D eigenvalue weighted by atomic mass is 19.1. The first-order valence-corrected chi connectivity index (χ1v) is 13.6. The summed E-state index contributed by atoms with van der Waals surface area (Å²) in [5.74, 6) is 0.980. The molecule has 0 unspecified atom stereocenters. The van der Waals surface area contributed by atoms with E-state index < -0.39 is 5.97 Å². The third kappa shape index (κ3) is 7.75. The molecule has 0 aliphatic carbocycles. The Labute approximate surface area is 219 Å². The minimum atomic E-state index is -0.710. The molecule has 198 valence electrons. The van der Waals surface area contributed by atoms with E-state index >= 15 is 0 Å². The number of likely N-dealkylation sites (tertiary alicyclic amines) is 1. The number of fused-ring (bicyclic) bond motifs is 1. The molecule has 1 fully saturated rings. The Kier molecular flexibility index (Phi) is 9.89. The molecule has 0 amide bonds. The Morgan fingerprint density at radius 2 is 1.89 bits per heavy atom. The SMILES string of the molecule is COc1ccc2nccc(CCC[C@@H]3CCN(CCCCc4ccccc4F)C[C@@H]3CCC(=O)O)c2c1. The topological polar surface area (TPSA) is 62.7 Å². The largest absolute Gasteiger partial charge is 0.497 e. The van der Waals surface area contributed by atoms with Crippen LogP contribution in [0.2, 0.25) is 0 Å². The van der Waals surface area contributed by atoms with Gasteiger partial charge in [0.05, 0.1) is 12.6 Å². The van der Waals surface area contributed by atoms with Gasteiger partial charge >= 0.3 is 5.97 Å². The highest BCUT2D eigenvalue weighted by Crippen LogP contribution is 2.32. The number of ether oxygens (including phenoxy) is 1. The zero-order valence-electron chi connectivity index (χ0n) is 21.9. The molecule has 3 aromatic rings. The van der Waals surface area contributed by atoms with Gasteiger partial charge in [0.15, 0.2) is 0 Å². The fourth-order valence-corrected chi connectivity index (χ4v) is 5.81. The van der Waals surface area contributed by atoms with Crippen molar-refractivity contribution in [1.82, 2.24) is 9.88 Å². The molecule has 1 saturated heterocycles. The molecule has 37 heavy (non-hydrogen) atoms. The van der Waals surface area contributed by atoms with Crippen LogP contribution in [0, 0.1) is 17.7 Å². The molecule has 2 heterocycles. The summed E-state index contributed by atoms with van der Waals surface area (Å²) in [5.41, 5.74) is 3.07. The fourth-order valence-electron chi connectivity index (χ4n) is 5.81. The number of aliphatic carboxylic acids is 1. The quantitative estimate of drug-likeness (QED) is 0.267. The van der Waals surface area contributed by atoms with E-state index in [2.05, 4.69) is 22.0 Å². The zero-order valence-corrected chi connectivity index (χ0v) is 21.9. The number of carbonyl (C=O) groups is 1. The molecule has 1 aliphatic rings. The van der Waals surface area contributed by atoms with Crippen LogP contribution in [-0.4, -0.2) is 47.7 Å². The van der Waals surface area contributed by atoms with Gasteiger partial charge in [-0.3, -0.25) is 9.78 Å². The first-order chi connectivity index (χ1) is 18.0. The number of carboxylic acid groups (broad SMARTS) is 1. The van der Waals surface area contributed by atoms with E-state index in [9.17, 15) is 14.3 Å². The number of carboxylic acids is 1. The van der Waals surface area contributed by atoms with Crippen LogP contribution in [0.1, 0.15) is 56.1 Å². The second kappa shape index (κ2) is 13.5. The molecule has 4 rings (SSSR count). The van der Waals surface area contributed by atoms with Gasteiger partial charge in [-0.1, -0.05) is 18.2 Å². The lowest BCUT2D eigenvalue weighted by molar-refractivity contribution is -0.137. The van der Waals surface area contributed by atoms with Crippen molar-refractivity contribution < 1.29 is 19.0 Å². The molecular weight excluding hydrogens is 467 g/mol. The number of piperidine rings is 1. The number of nitrogens with zero attached hydrogens (tertiary/aromatic N) is 2. The van der Waals surface area contributed by atoms with Gasteiger partial charge in [-0.15, -0.1) is 0 Å². The number of rotatable bonds is 13. The predicted molar refractivity (Wildman–Crippen MR) is 145 cm³/mol. The second-order valence-electron chi connectivity index (χ2n) is 10.3. The minimum absolute atomic E-state index is 0.115. The predicted octanol–water partition coefficient (Wildman–Crippen LogP) is 6.53. The summed E-state index contributed by atoms with van der Waals surface area (Å²) in [4.78, 5) is 18.3. The maximum Gasteiger partial charge on any atom is 0.303 e. The summed E-state index contributed by atoms with van der Waals surface area (Å²) in [5, 5.41) is 10.5. The lowest BCUT2D eigenvalue weighted by Gasteiger charge is -2.39. The Morgan fingerprint density at radius 1 is 1.05 bits per heavy atom. The van der Waals surface area contributed by atoms with Crippen molar-refractivity contribution in [2.45, 2.75) is 57.8 Å². The molecule has 0 saturated carbocycles. The molecular formula is C31H39FN2O3. The smallest absolute Gasteiger partial charge is 0.303 e. The van der Waals surface area contributed by atoms with Crippen molar-refractivity contribution in [3.8, 4) is 5.75 Å². The molecule has 1 N–H and O–H groups in total. The number of methoxy groups -OCH3 is 1. The van der Waals surface area contributed by atoms with Crippen LogP contribution in [0.15, 0.2) is 54.7 Å². The number of unbranched alkanes of at least 4 members (excludes halogenated alkanes) is 1. The van der Waals surface area contributed by atoms with E-state index in [1.165, 1.54) is 11.6 Å². The Bertz CT molecular complexity index is 1170. The summed E-state index contributed by atoms with van der Waals surface area (Å²) in [6.07, 6.45) is 9.89. The molecule has 0 spiro atoms. The van der Waals surface area contributed by atoms with Crippen molar-refractivity contribution in [2.24, 2.45) is 11.8 Å². The van der Waals surface area contributed by atoms with E-state index in [4.69, 9.17) is 4.74 Å². The van der Waals surface area contributed by atoms with Gasteiger partial charge in [0.1, 0.15) is 11.6 Å². The average molecular weight is 507 g/mol. The Hall–Kier alpha value is -2.99. The standard InChI is InChI=1S/C31H39FN2O3/c1-37-27-13-14-30-28(21-27)24(16-18-33-30)10-6-9-23-17-20-34(22-26(23)12-15-31(35)36)19-5-4-8-25-7-2-3-11-29(25)32/h2-3,7,11,13-14,16,18,21,23,26H,4-6,8-10,12,15,17,19-20,22H2,1H3,(H,35,36)/t23-,26+/m1/s1. The number of aromatic nitrogens is 1. The van der Waals surface area contributed by atoms with E-state index in [0.29, 0.717) is 11.8 Å². The number of benzene rings is 2. The average Bonchev–Trinajstić information content (AvgIpc) is 2.91. The summed E-state index contributed by atoms with van der Waals surface area (Å²) in [7, 11) is 1.68. The van der Waals surface area contributed by atoms with Crippen molar-refractivity contribution >= 4 is 16.9 Å². The molecule has 6 heteroatoms. The van der Waals surface area contributed by atoms with Crippen LogP contribution >= 0.6 is 0 Å². The number of hydrogen-bond acceptors (Lipinski definition) is 4. The van der Waals surface area contributed by atoms with Gasteiger partial charge in [-0.2, -0.15) is 0 Å². The number of aryl methyl sites for hydroxylation is 2. The number of pyridine rings is 1. The molecule has 1 aromatic heterocycles. The highest BCUT2D eigenvalue weighted by molar-refractivity contribution is 5.83. The van der Waals surface area contributed by atoms with E-state index in [1.54, 1.807) is 13.2 Å². The van der Waals surface area contributed by atoms with Crippen LogP contribution in [0.25, 0.3) is 10.9 Å². The van der Waals surface area contributed by atoms with Crippen LogP contribution in [0.3, 0.4) is 0 Å². The van der Waals surface area contributed by atoms with Gasteiger partial charge in [0.2, 0.25) is 0 Å². The van der Waals surface area contributed by atoms with Gasteiger partial charge in [-0.25, -0.2) is 4.39 Å². The number of hydrogen-bond donors (Lipinski definition) is 1. The second-order valence-corrected chi connectivity index (χ2v) is 10.3.